The third-order valence-corrected chi connectivity index (χ3v) is 5.03. The van der Waals surface area contributed by atoms with Crippen LogP contribution in [0.15, 0.2) is 36.4 Å². The van der Waals surface area contributed by atoms with Crippen LogP contribution in [0.4, 0.5) is 13.2 Å². The molecule has 0 aliphatic carbocycles. The number of amides is 1. The van der Waals surface area contributed by atoms with Crippen LogP contribution in [0.1, 0.15) is 44.9 Å². The van der Waals surface area contributed by atoms with E-state index in [4.69, 9.17) is 0 Å². The fraction of sp³-hybridized carbons (Fsp3) is 0.476. The first-order valence-electron chi connectivity index (χ1n) is 9.15. The van der Waals surface area contributed by atoms with Crippen LogP contribution in [0, 0.1) is 11.3 Å². The van der Waals surface area contributed by atoms with E-state index in [1.807, 2.05) is 38.1 Å². The van der Waals surface area contributed by atoms with Crippen molar-refractivity contribution in [1.82, 2.24) is 10.4 Å². The Balaban J connectivity index is 2.18. The second-order valence-corrected chi connectivity index (χ2v) is 8.35. The summed E-state index contributed by atoms with van der Waals surface area (Å²) in [6.45, 7) is 7.31. The summed E-state index contributed by atoms with van der Waals surface area (Å²) >= 11 is 0. The third kappa shape index (κ3) is 3.81. The molecule has 0 aromatic heterocycles. The second-order valence-electron chi connectivity index (χ2n) is 8.35. The zero-order valence-corrected chi connectivity index (χ0v) is 16.0. The molecule has 3 nitrogen and oxygen atoms in total. The van der Waals surface area contributed by atoms with Crippen LogP contribution in [0.25, 0.3) is 10.8 Å². The van der Waals surface area contributed by atoms with E-state index in [9.17, 15) is 18.0 Å². The van der Waals surface area contributed by atoms with Gasteiger partial charge in [-0.15, -0.1) is 0 Å². The van der Waals surface area contributed by atoms with Gasteiger partial charge in [0.1, 0.15) is 6.04 Å². The van der Waals surface area contributed by atoms with Gasteiger partial charge in [0.15, 0.2) is 0 Å². The van der Waals surface area contributed by atoms with Gasteiger partial charge in [-0.2, -0.15) is 13.2 Å². The largest absolute Gasteiger partial charge is 0.409 e. The summed E-state index contributed by atoms with van der Waals surface area (Å²) in [5, 5.41) is 2.81. The summed E-state index contributed by atoms with van der Waals surface area (Å²) in [5.74, 6) is -0.184. The first-order chi connectivity index (χ1) is 12.5. The number of carbonyl (C=O) groups excluding carboxylic acids is 1. The molecule has 2 aromatic carbocycles. The Bertz CT molecular complexity index is 858. The SMILES string of the molecule is CC(C)Cc1c([C@H](N2CC(C)(C)C(=O)N2)C(F)(F)F)ccc2ccccc12. The van der Waals surface area contributed by atoms with Crippen LogP contribution in [0.3, 0.4) is 0 Å². The molecule has 1 heterocycles. The smallest absolute Gasteiger partial charge is 0.287 e. The van der Waals surface area contributed by atoms with Gasteiger partial charge >= 0.3 is 6.18 Å². The predicted molar refractivity (Wildman–Crippen MR) is 99.9 cm³/mol. The van der Waals surface area contributed by atoms with E-state index in [1.165, 1.54) is 0 Å². The summed E-state index contributed by atoms with van der Waals surface area (Å²) in [4.78, 5) is 12.1. The van der Waals surface area contributed by atoms with E-state index in [2.05, 4.69) is 5.43 Å². The minimum atomic E-state index is -4.51. The Kier molecular flexibility index (Phi) is 4.97. The van der Waals surface area contributed by atoms with Gasteiger partial charge in [0.25, 0.3) is 0 Å². The molecule has 1 aliphatic rings. The first kappa shape index (κ1) is 19.7. The maximum atomic E-state index is 14.2. The number of benzene rings is 2. The highest BCUT2D eigenvalue weighted by molar-refractivity contribution is 5.87. The fourth-order valence-corrected chi connectivity index (χ4v) is 3.74. The molecule has 2 aromatic rings. The van der Waals surface area contributed by atoms with Gasteiger partial charge in [0.05, 0.1) is 5.41 Å². The van der Waals surface area contributed by atoms with Gasteiger partial charge in [-0.25, -0.2) is 5.01 Å². The number of nitrogens with one attached hydrogen (secondary N) is 1. The Morgan fingerprint density at radius 1 is 1.15 bits per heavy atom. The number of nitrogens with zero attached hydrogens (tertiary/aromatic N) is 1. The van der Waals surface area contributed by atoms with Crippen molar-refractivity contribution in [3.63, 3.8) is 0 Å². The van der Waals surface area contributed by atoms with Crippen molar-refractivity contribution in [2.75, 3.05) is 6.54 Å². The fourth-order valence-electron chi connectivity index (χ4n) is 3.74. The average Bonchev–Trinajstić information content (AvgIpc) is 2.80. The molecule has 1 amide bonds. The molecule has 6 heteroatoms. The molecule has 0 saturated carbocycles. The second kappa shape index (κ2) is 6.82. The molecule has 3 rings (SSSR count). The van der Waals surface area contributed by atoms with Crippen LogP contribution in [0.2, 0.25) is 0 Å². The van der Waals surface area contributed by atoms with Crippen LogP contribution in [-0.4, -0.2) is 23.6 Å². The topological polar surface area (TPSA) is 32.3 Å². The number of alkyl halides is 3. The van der Waals surface area contributed by atoms with Gasteiger partial charge in [-0.05, 0) is 48.1 Å². The number of carbonyl (C=O) groups is 1. The maximum Gasteiger partial charge on any atom is 0.409 e. The normalized spacial score (nSPS) is 18.9. The minimum Gasteiger partial charge on any atom is -0.287 e. The molecule has 1 N–H and O–H groups in total. The lowest BCUT2D eigenvalue weighted by molar-refractivity contribution is -0.191. The Hall–Kier alpha value is -2.08. The van der Waals surface area contributed by atoms with Gasteiger partial charge in [0.2, 0.25) is 5.91 Å². The molecule has 1 fully saturated rings. The molecule has 0 bridgehead atoms. The van der Waals surface area contributed by atoms with E-state index in [0.29, 0.717) is 12.0 Å². The zero-order valence-electron chi connectivity index (χ0n) is 16.0. The quantitative estimate of drug-likeness (QED) is 0.811. The standard InChI is InChI=1S/C21H25F3N2O/c1-13(2)11-17-15-8-6-5-7-14(15)9-10-16(17)18(21(22,23)24)26-12-20(3,4)19(27)25-26/h5-10,13,18H,11-12H2,1-4H3,(H,25,27)/t18-/m0/s1. The first-order valence-corrected chi connectivity index (χ1v) is 9.15. The third-order valence-electron chi connectivity index (χ3n) is 5.03. The monoisotopic (exact) mass is 378 g/mol. The van der Waals surface area contributed by atoms with Crippen LogP contribution in [0.5, 0.6) is 0 Å². The summed E-state index contributed by atoms with van der Waals surface area (Å²) in [6, 6.07) is 8.93. The van der Waals surface area contributed by atoms with Crippen molar-refractivity contribution in [3.05, 3.63) is 47.5 Å². The van der Waals surface area contributed by atoms with Crippen molar-refractivity contribution in [2.45, 2.75) is 46.3 Å². The highest BCUT2D eigenvalue weighted by atomic mass is 19.4. The lowest BCUT2D eigenvalue weighted by Gasteiger charge is -2.32. The van der Waals surface area contributed by atoms with E-state index >= 15 is 0 Å². The summed E-state index contributed by atoms with van der Waals surface area (Å²) in [7, 11) is 0. The number of halogens is 3. The minimum absolute atomic E-state index is 0.00392. The Morgan fingerprint density at radius 3 is 2.37 bits per heavy atom. The molecule has 27 heavy (non-hydrogen) atoms. The number of fused-ring (bicyclic) bond motifs is 1. The van der Waals surface area contributed by atoms with Crippen molar-refractivity contribution < 1.29 is 18.0 Å². The van der Waals surface area contributed by atoms with Crippen molar-refractivity contribution in [1.29, 1.82) is 0 Å². The molecule has 1 aliphatic heterocycles. The Morgan fingerprint density at radius 2 is 1.81 bits per heavy atom. The molecule has 0 spiro atoms. The Labute approximate surface area is 157 Å². The van der Waals surface area contributed by atoms with Crippen LogP contribution in [-0.2, 0) is 11.2 Å². The number of hydrazine groups is 1. The van der Waals surface area contributed by atoms with Crippen molar-refractivity contribution >= 4 is 16.7 Å². The number of rotatable bonds is 4. The molecule has 0 unspecified atom stereocenters. The highest BCUT2D eigenvalue weighted by Crippen LogP contribution is 2.43. The zero-order chi connectivity index (χ0) is 20.0. The summed E-state index contributed by atoms with van der Waals surface area (Å²) < 4.78 is 42.5. The molecule has 1 atom stereocenters. The van der Waals surface area contributed by atoms with Gasteiger partial charge in [-0.3, -0.25) is 10.2 Å². The summed E-state index contributed by atoms with van der Waals surface area (Å²) in [6.07, 6.45) is -3.98. The van der Waals surface area contributed by atoms with Crippen LogP contribution < -0.4 is 5.43 Å². The highest BCUT2D eigenvalue weighted by Gasteiger charge is 2.51. The van der Waals surface area contributed by atoms with E-state index in [0.717, 1.165) is 15.8 Å². The van der Waals surface area contributed by atoms with Gasteiger partial charge < -0.3 is 0 Å². The van der Waals surface area contributed by atoms with Gasteiger partial charge in [0, 0.05) is 6.54 Å². The van der Waals surface area contributed by atoms with E-state index < -0.39 is 17.6 Å². The molecule has 0 radical (unpaired) electrons. The molecular formula is C21H25F3N2O. The van der Waals surface area contributed by atoms with E-state index in [-0.39, 0.29) is 23.9 Å². The number of hydrogen-bond donors (Lipinski definition) is 1. The van der Waals surface area contributed by atoms with Crippen LogP contribution >= 0.6 is 0 Å². The maximum absolute atomic E-state index is 14.2. The number of hydrogen-bond acceptors (Lipinski definition) is 2. The molecule has 146 valence electrons. The van der Waals surface area contributed by atoms with Crippen molar-refractivity contribution in [2.24, 2.45) is 11.3 Å². The predicted octanol–water partition coefficient (Wildman–Crippen LogP) is 5.01. The van der Waals surface area contributed by atoms with Crippen molar-refractivity contribution in [3.8, 4) is 0 Å². The summed E-state index contributed by atoms with van der Waals surface area (Å²) in [5.41, 5.74) is 2.50. The lowest BCUT2D eigenvalue weighted by atomic mass is 9.88. The molecule has 1 saturated heterocycles. The lowest BCUT2D eigenvalue weighted by Crippen LogP contribution is -2.44. The average molecular weight is 378 g/mol. The van der Waals surface area contributed by atoms with Gasteiger partial charge in [-0.1, -0.05) is 50.2 Å². The van der Waals surface area contributed by atoms with E-state index in [1.54, 1.807) is 26.0 Å². The molecular weight excluding hydrogens is 353 g/mol.